The van der Waals surface area contributed by atoms with Crippen molar-refractivity contribution in [2.24, 2.45) is 0 Å². The smallest absolute Gasteiger partial charge is 0.331 e. The number of nitrogens with one attached hydrogen (secondary N) is 1. The van der Waals surface area contributed by atoms with Crippen molar-refractivity contribution in [3.8, 4) is 5.75 Å². The van der Waals surface area contributed by atoms with E-state index < -0.39 is 5.97 Å². The van der Waals surface area contributed by atoms with Crippen LogP contribution >= 0.6 is 0 Å². The summed E-state index contributed by atoms with van der Waals surface area (Å²) >= 11 is 0. The third-order valence-corrected chi connectivity index (χ3v) is 4.82. The van der Waals surface area contributed by atoms with E-state index in [1.54, 1.807) is 6.08 Å². The van der Waals surface area contributed by atoms with Crippen molar-refractivity contribution in [1.29, 1.82) is 0 Å². The lowest BCUT2D eigenvalue weighted by Crippen LogP contribution is -2.29. The number of hydrogen-bond donors (Lipinski definition) is 1. The summed E-state index contributed by atoms with van der Waals surface area (Å²) in [6.45, 7) is 4.34. The Morgan fingerprint density at radius 1 is 1.00 bits per heavy atom. The molecule has 0 bridgehead atoms. The van der Waals surface area contributed by atoms with Crippen molar-refractivity contribution >= 4 is 29.3 Å². The highest BCUT2D eigenvalue weighted by Crippen LogP contribution is 2.21. The number of ether oxygens (including phenoxy) is 2. The molecular formula is C24H28N2O4. The molecule has 6 heteroatoms. The molecule has 30 heavy (non-hydrogen) atoms. The Labute approximate surface area is 177 Å². The van der Waals surface area contributed by atoms with Crippen molar-refractivity contribution in [2.45, 2.75) is 26.2 Å². The largest absolute Gasteiger partial charge is 0.494 e. The van der Waals surface area contributed by atoms with Gasteiger partial charge in [0.2, 0.25) is 0 Å². The first kappa shape index (κ1) is 21.4. The monoisotopic (exact) mass is 408 g/mol. The number of anilines is 2. The maximum Gasteiger partial charge on any atom is 0.331 e. The number of rotatable bonds is 8. The van der Waals surface area contributed by atoms with Gasteiger partial charge in [0.05, 0.1) is 6.61 Å². The number of esters is 1. The van der Waals surface area contributed by atoms with Crippen LogP contribution in [0.5, 0.6) is 5.75 Å². The van der Waals surface area contributed by atoms with Gasteiger partial charge in [-0.3, -0.25) is 4.79 Å². The third kappa shape index (κ3) is 6.65. The minimum absolute atomic E-state index is 0.333. The minimum atomic E-state index is -0.570. The Morgan fingerprint density at radius 2 is 1.70 bits per heavy atom. The van der Waals surface area contributed by atoms with Crippen LogP contribution in [0.1, 0.15) is 31.7 Å². The second-order valence-corrected chi connectivity index (χ2v) is 7.09. The van der Waals surface area contributed by atoms with Crippen LogP contribution in [0.15, 0.2) is 54.6 Å². The molecule has 158 valence electrons. The van der Waals surface area contributed by atoms with Gasteiger partial charge in [0.15, 0.2) is 6.61 Å². The highest BCUT2D eigenvalue weighted by atomic mass is 16.5. The van der Waals surface area contributed by atoms with Crippen molar-refractivity contribution in [2.75, 3.05) is 36.5 Å². The van der Waals surface area contributed by atoms with Gasteiger partial charge in [0.1, 0.15) is 5.75 Å². The average Bonchev–Trinajstić information content (AvgIpc) is 2.78. The first-order valence-electron chi connectivity index (χ1n) is 10.4. The van der Waals surface area contributed by atoms with Crippen LogP contribution in [0.25, 0.3) is 6.08 Å². The zero-order valence-electron chi connectivity index (χ0n) is 17.3. The molecule has 6 nitrogen and oxygen atoms in total. The molecule has 0 aromatic heterocycles. The van der Waals surface area contributed by atoms with E-state index in [9.17, 15) is 9.59 Å². The molecule has 1 amide bonds. The Morgan fingerprint density at radius 3 is 2.37 bits per heavy atom. The predicted octanol–water partition coefficient (Wildman–Crippen LogP) is 4.27. The van der Waals surface area contributed by atoms with Gasteiger partial charge in [0, 0.05) is 30.5 Å². The van der Waals surface area contributed by atoms with Gasteiger partial charge in [0.25, 0.3) is 5.91 Å². The maximum absolute atomic E-state index is 12.0. The molecule has 3 rings (SSSR count). The number of carbonyl (C=O) groups excluding carboxylic acids is 2. The molecule has 1 heterocycles. The molecule has 1 fully saturated rings. The number of piperidine rings is 1. The van der Waals surface area contributed by atoms with Crippen molar-refractivity contribution in [3.63, 3.8) is 0 Å². The van der Waals surface area contributed by atoms with E-state index in [1.807, 2.05) is 55.5 Å². The normalized spacial score (nSPS) is 13.8. The zero-order chi connectivity index (χ0) is 21.2. The van der Waals surface area contributed by atoms with E-state index in [0.29, 0.717) is 12.3 Å². The van der Waals surface area contributed by atoms with Gasteiger partial charge in [-0.15, -0.1) is 0 Å². The first-order chi connectivity index (χ1) is 14.6. The van der Waals surface area contributed by atoms with E-state index in [4.69, 9.17) is 9.47 Å². The van der Waals surface area contributed by atoms with Gasteiger partial charge in [-0.05, 0) is 74.2 Å². The number of nitrogens with zero attached hydrogens (tertiary/aromatic N) is 1. The van der Waals surface area contributed by atoms with Gasteiger partial charge >= 0.3 is 5.97 Å². The van der Waals surface area contributed by atoms with Gasteiger partial charge < -0.3 is 19.7 Å². The molecule has 2 aromatic carbocycles. The van der Waals surface area contributed by atoms with E-state index in [-0.39, 0.29) is 12.5 Å². The average molecular weight is 408 g/mol. The quantitative estimate of drug-likeness (QED) is 0.522. The Kier molecular flexibility index (Phi) is 7.89. The zero-order valence-corrected chi connectivity index (χ0v) is 17.3. The summed E-state index contributed by atoms with van der Waals surface area (Å²) in [6.07, 6.45) is 6.66. The number of benzene rings is 2. The molecule has 0 unspecified atom stereocenters. The summed E-state index contributed by atoms with van der Waals surface area (Å²) in [5.74, 6) is -0.166. The summed E-state index contributed by atoms with van der Waals surface area (Å²) in [6, 6.07) is 15.1. The van der Waals surface area contributed by atoms with Crippen LogP contribution in [0.2, 0.25) is 0 Å². The molecule has 1 aliphatic rings. The van der Waals surface area contributed by atoms with Gasteiger partial charge in [-0.2, -0.15) is 0 Å². The van der Waals surface area contributed by atoms with Crippen molar-refractivity contribution in [1.82, 2.24) is 0 Å². The fraction of sp³-hybridized carbons (Fsp3) is 0.333. The summed E-state index contributed by atoms with van der Waals surface area (Å²) < 4.78 is 10.4. The van der Waals surface area contributed by atoms with Crippen LogP contribution in [0, 0.1) is 0 Å². The van der Waals surface area contributed by atoms with Crippen molar-refractivity contribution < 1.29 is 19.1 Å². The van der Waals surface area contributed by atoms with Crippen LogP contribution < -0.4 is 15.0 Å². The number of carbonyl (C=O) groups is 2. The molecule has 0 atom stereocenters. The van der Waals surface area contributed by atoms with E-state index in [1.165, 1.54) is 31.0 Å². The van der Waals surface area contributed by atoms with Gasteiger partial charge in [-0.25, -0.2) is 4.79 Å². The van der Waals surface area contributed by atoms with E-state index >= 15 is 0 Å². The SMILES string of the molecule is CCOc1ccc(/C=C/C(=O)OCC(=O)Nc2ccc(N3CCCCC3)cc2)cc1. The molecule has 0 spiro atoms. The summed E-state index contributed by atoms with van der Waals surface area (Å²) in [5, 5.41) is 2.75. The lowest BCUT2D eigenvalue weighted by atomic mass is 10.1. The summed E-state index contributed by atoms with van der Waals surface area (Å²) in [5.41, 5.74) is 2.69. The highest BCUT2D eigenvalue weighted by Gasteiger charge is 2.11. The van der Waals surface area contributed by atoms with Gasteiger partial charge in [-0.1, -0.05) is 12.1 Å². The second kappa shape index (κ2) is 11.0. The van der Waals surface area contributed by atoms with E-state index in [2.05, 4.69) is 10.2 Å². The van der Waals surface area contributed by atoms with Crippen LogP contribution in [0.4, 0.5) is 11.4 Å². The standard InChI is InChI=1S/C24H28N2O4/c1-2-29-22-13-6-19(7-14-22)8-15-24(28)30-18-23(27)25-20-9-11-21(12-10-20)26-16-4-3-5-17-26/h6-15H,2-5,16-18H2,1H3,(H,25,27)/b15-8+. The molecule has 1 aliphatic heterocycles. The predicted molar refractivity (Wildman–Crippen MR) is 119 cm³/mol. The van der Waals surface area contributed by atoms with Crippen LogP contribution in [-0.2, 0) is 14.3 Å². The second-order valence-electron chi connectivity index (χ2n) is 7.09. The molecule has 2 aromatic rings. The third-order valence-electron chi connectivity index (χ3n) is 4.82. The molecular weight excluding hydrogens is 380 g/mol. The van der Waals surface area contributed by atoms with Crippen LogP contribution in [0.3, 0.4) is 0 Å². The molecule has 1 saturated heterocycles. The molecule has 0 aliphatic carbocycles. The Hall–Kier alpha value is -3.28. The van der Waals surface area contributed by atoms with Crippen molar-refractivity contribution in [3.05, 3.63) is 60.2 Å². The lowest BCUT2D eigenvalue weighted by molar-refractivity contribution is -0.142. The molecule has 0 radical (unpaired) electrons. The van der Waals surface area contributed by atoms with Crippen LogP contribution in [-0.4, -0.2) is 38.2 Å². The molecule has 1 N–H and O–H groups in total. The van der Waals surface area contributed by atoms with E-state index in [0.717, 1.165) is 24.4 Å². The summed E-state index contributed by atoms with van der Waals surface area (Å²) in [4.78, 5) is 26.2. The fourth-order valence-electron chi connectivity index (χ4n) is 3.30. The molecule has 0 saturated carbocycles. The fourth-order valence-corrected chi connectivity index (χ4v) is 3.30. The topological polar surface area (TPSA) is 67.9 Å². The number of amides is 1. The summed E-state index contributed by atoms with van der Waals surface area (Å²) in [7, 11) is 0. The minimum Gasteiger partial charge on any atom is -0.494 e. The Bertz CT molecular complexity index is 854. The highest BCUT2D eigenvalue weighted by molar-refractivity contribution is 5.94. The number of hydrogen-bond acceptors (Lipinski definition) is 5. The lowest BCUT2D eigenvalue weighted by Gasteiger charge is -2.28. The Balaban J connectivity index is 1.41. The maximum atomic E-state index is 12.0. The first-order valence-corrected chi connectivity index (χ1v) is 10.4.